The van der Waals surface area contributed by atoms with Gasteiger partial charge < -0.3 is 5.32 Å². The fraction of sp³-hybridized carbons (Fsp3) is 0.130. The quantitative estimate of drug-likeness (QED) is 0.495. The van der Waals surface area contributed by atoms with E-state index < -0.39 is 0 Å². The van der Waals surface area contributed by atoms with E-state index in [1.807, 2.05) is 29.6 Å². The van der Waals surface area contributed by atoms with Crippen LogP contribution in [0.5, 0.6) is 0 Å². The molecule has 4 rings (SSSR count). The molecule has 3 nitrogen and oxygen atoms in total. The number of fused-ring (bicyclic) bond motifs is 1. The number of thiazole rings is 1. The molecule has 1 heterocycles. The van der Waals surface area contributed by atoms with Gasteiger partial charge in [-0.3, -0.25) is 4.79 Å². The van der Waals surface area contributed by atoms with Crippen molar-refractivity contribution in [2.45, 2.75) is 20.3 Å². The first kappa shape index (κ1) is 17.4. The van der Waals surface area contributed by atoms with Crippen LogP contribution in [-0.2, 0) is 11.2 Å². The minimum Gasteiger partial charge on any atom is -0.302 e. The molecule has 4 aromatic rings. The smallest absolute Gasteiger partial charge is 0.230 e. The average molecular weight is 372 g/mol. The van der Waals surface area contributed by atoms with Gasteiger partial charge in [0.05, 0.1) is 12.1 Å². The molecule has 3 aromatic carbocycles. The molecule has 0 saturated carbocycles. The lowest BCUT2D eigenvalue weighted by Gasteiger charge is -2.06. The van der Waals surface area contributed by atoms with Crippen LogP contribution in [0, 0.1) is 13.8 Å². The van der Waals surface area contributed by atoms with Crippen LogP contribution in [0.4, 0.5) is 5.13 Å². The number of hydrogen-bond donors (Lipinski definition) is 1. The molecule has 27 heavy (non-hydrogen) atoms. The molecule has 0 aliphatic heterocycles. The van der Waals surface area contributed by atoms with Crippen LogP contribution in [0.25, 0.3) is 22.0 Å². The number of aryl methyl sites for hydroxylation is 2. The van der Waals surface area contributed by atoms with Crippen molar-refractivity contribution >= 4 is 33.1 Å². The highest BCUT2D eigenvalue weighted by Gasteiger charge is 2.11. The Labute approximate surface area is 162 Å². The fourth-order valence-electron chi connectivity index (χ4n) is 3.25. The topological polar surface area (TPSA) is 42.0 Å². The number of amides is 1. The van der Waals surface area contributed by atoms with Gasteiger partial charge in [0.15, 0.2) is 5.13 Å². The Hall–Kier alpha value is -2.98. The Bertz CT molecular complexity index is 1120. The zero-order valence-electron chi connectivity index (χ0n) is 15.3. The normalized spacial score (nSPS) is 10.9. The van der Waals surface area contributed by atoms with Gasteiger partial charge >= 0.3 is 0 Å². The Kier molecular flexibility index (Phi) is 4.73. The third-order valence-corrected chi connectivity index (χ3v) is 5.41. The summed E-state index contributed by atoms with van der Waals surface area (Å²) >= 11 is 1.46. The first-order valence-corrected chi connectivity index (χ1v) is 9.78. The van der Waals surface area contributed by atoms with Gasteiger partial charge in [0, 0.05) is 10.9 Å². The maximum absolute atomic E-state index is 12.5. The maximum atomic E-state index is 12.5. The number of nitrogens with one attached hydrogen (secondary N) is 1. The third-order valence-electron chi connectivity index (χ3n) is 4.65. The van der Waals surface area contributed by atoms with Gasteiger partial charge in [0.1, 0.15) is 0 Å². The standard InChI is InChI=1S/C23H20N2OS/c1-15-10-11-16(2)20(12-15)21-14-27-23(24-21)25-22(26)13-18-8-5-7-17-6-3-4-9-19(17)18/h3-12,14H,13H2,1-2H3,(H,24,25,26). The van der Waals surface area contributed by atoms with Crippen LogP contribution < -0.4 is 5.32 Å². The third kappa shape index (κ3) is 3.76. The van der Waals surface area contributed by atoms with E-state index in [1.165, 1.54) is 22.5 Å². The summed E-state index contributed by atoms with van der Waals surface area (Å²) in [6.45, 7) is 4.15. The molecule has 1 aromatic heterocycles. The van der Waals surface area contributed by atoms with Crippen LogP contribution in [0.3, 0.4) is 0 Å². The number of anilines is 1. The Morgan fingerprint density at radius 2 is 1.85 bits per heavy atom. The van der Waals surface area contributed by atoms with E-state index in [0.29, 0.717) is 11.6 Å². The predicted molar refractivity (Wildman–Crippen MR) is 113 cm³/mol. The second-order valence-corrected chi connectivity index (χ2v) is 7.58. The Morgan fingerprint density at radius 3 is 2.74 bits per heavy atom. The molecule has 1 amide bonds. The number of carbonyl (C=O) groups is 1. The minimum atomic E-state index is -0.0479. The highest BCUT2D eigenvalue weighted by Crippen LogP contribution is 2.28. The largest absolute Gasteiger partial charge is 0.302 e. The van der Waals surface area contributed by atoms with Crippen LogP contribution in [-0.4, -0.2) is 10.9 Å². The number of benzene rings is 3. The van der Waals surface area contributed by atoms with E-state index in [9.17, 15) is 4.79 Å². The summed E-state index contributed by atoms with van der Waals surface area (Å²) in [5, 5.41) is 7.84. The molecule has 0 spiro atoms. The molecule has 0 bridgehead atoms. The first-order valence-electron chi connectivity index (χ1n) is 8.90. The second kappa shape index (κ2) is 7.33. The first-order chi connectivity index (χ1) is 13.1. The molecule has 0 unspecified atom stereocenters. The predicted octanol–water partition coefficient (Wildman–Crippen LogP) is 5.76. The lowest BCUT2D eigenvalue weighted by Crippen LogP contribution is -2.14. The summed E-state index contributed by atoms with van der Waals surface area (Å²) < 4.78 is 0. The van der Waals surface area contributed by atoms with Crippen molar-refractivity contribution in [1.29, 1.82) is 0 Å². The SMILES string of the molecule is Cc1ccc(C)c(-c2csc(NC(=O)Cc3cccc4ccccc34)n2)c1. The van der Waals surface area contributed by atoms with Crippen molar-refractivity contribution in [3.8, 4) is 11.3 Å². The zero-order chi connectivity index (χ0) is 18.8. The number of aromatic nitrogens is 1. The molecule has 0 saturated heterocycles. The summed E-state index contributed by atoms with van der Waals surface area (Å²) in [5.41, 5.74) is 5.42. The van der Waals surface area contributed by atoms with Crippen molar-refractivity contribution in [2.75, 3.05) is 5.32 Å². The number of rotatable bonds is 4. The van der Waals surface area contributed by atoms with Gasteiger partial charge in [-0.15, -0.1) is 11.3 Å². The minimum absolute atomic E-state index is 0.0479. The van der Waals surface area contributed by atoms with Crippen LogP contribution in [0.15, 0.2) is 66.0 Å². The lowest BCUT2D eigenvalue weighted by atomic mass is 10.0. The van der Waals surface area contributed by atoms with Crippen molar-refractivity contribution in [3.05, 3.63) is 82.7 Å². The monoisotopic (exact) mass is 372 g/mol. The van der Waals surface area contributed by atoms with Gasteiger partial charge in [-0.1, -0.05) is 60.2 Å². The fourth-order valence-corrected chi connectivity index (χ4v) is 3.98. The second-order valence-electron chi connectivity index (χ2n) is 6.72. The van der Waals surface area contributed by atoms with Gasteiger partial charge in [0.25, 0.3) is 0 Å². The molecule has 4 heteroatoms. The number of carbonyl (C=O) groups excluding carboxylic acids is 1. The van der Waals surface area contributed by atoms with Gasteiger partial charge in [-0.05, 0) is 41.8 Å². The summed E-state index contributed by atoms with van der Waals surface area (Å²) in [6.07, 6.45) is 0.333. The van der Waals surface area contributed by atoms with Crippen molar-refractivity contribution in [3.63, 3.8) is 0 Å². The van der Waals surface area contributed by atoms with Crippen molar-refractivity contribution in [1.82, 2.24) is 4.98 Å². The molecule has 0 radical (unpaired) electrons. The van der Waals surface area contributed by atoms with Gasteiger partial charge in [0.2, 0.25) is 5.91 Å². The zero-order valence-corrected chi connectivity index (χ0v) is 16.1. The molecular formula is C23H20N2OS. The molecule has 0 fully saturated rings. The van der Waals surface area contributed by atoms with E-state index in [4.69, 9.17) is 0 Å². The molecule has 0 atom stereocenters. The Balaban J connectivity index is 1.52. The molecule has 1 N–H and O–H groups in total. The maximum Gasteiger partial charge on any atom is 0.230 e. The molecular weight excluding hydrogens is 352 g/mol. The highest BCUT2D eigenvalue weighted by molar-refractivity contribution is 7.14. The summed E-state index contributed by atoms with van der Waals surface area (Å²) in [4.78, 5) is 17.2. The van der Waals surface area contributed by atoms with Crippen LogP contribution >= 0.6 is 11.3 Å². The Morgan fingerprint density at radius 1 is 1.04 bits per heavy atom. The van der Waals surface area contributed by atoms with Crippen LogP contribution in [0.2, 0.25) is 0 Å². The van der Waals surface area contributed by atoms with Crippen molar-refractivity contribution < 1.29 is 4.79 Å². The average Bonchev–Trinajstić information content (AvgIpc) is 3.12. The van der Waals surface area contributed by atoms with Gasteiger partial charge in [-0.2, -0.15) is 0 Å². The van der Waals surface area contributed by atoms with E-state index in [1.54, 1.807) is 0 Å². The van der Waals surface area contributed by atoms with E-state index in [-0.39, 0.29) is 5.91 Å². The molecule has 0 aliphatic rings. The lowest BCUT2D eigenvalue weighted by molar-refractivity contribution is -0.115. The van der Waals surface area contributed by atoms with Crippen molar-refractivity contribution in [2.24, 2.45) is 0 Å². The summed E-state index contributed by atoms with van der Waals surface area (Å²) in [7, 11) is 0. The molecule has 134 valence electrons. The number of nitrogens with zero attached hydrogens (tertiary/aromatic N) is 1. The van der Waals surface area contributed by atoms with E-state index in [0.717, 1.165) is 27.6 Å². The number of hydrogen-bond acceptors (Lipinski definition) is 3. The summed E-state index contributed by atoms with van der Waals surface area (Å²) in [6, 6.07) is 20.5. The summed E-state index contributed by atoms with van der Waals surface area (Å²) in [5.74, 6) is -0.0479. The van der Waals surface area contributed by atoms with E-state index >= 15 is 0 Å². The van der Waals surface area contributed by atoms with Crippen LogP contribution in [0.1, 0.15) is 16.7 Å². The molecule has 0 aliphatic carbocycles. The highest BCUT2D eigenvalue weighted by atomic mass is 32.1. The van der Waals surface area contributed by atoms with E-state index in [2.05, 4.69) is 60.5 Å². The van der Waals surface area contributed by atoms with Gasteiger partial charge in [-0.25, -0.2) is 4.98 Å².